The van der Waals surface area contributed by atoms with Gasteiger partial charge in [-0.2, -0.15) is 18.3 Å². The summed E-state index contributed by atoms with van der Waals surface area (Å²) in [7, 11) is 0. The van der Waals surface area contributed by atoms with Crippen LogP contribution < -0.4 is 10.2 Å². The zero-order valence-corrected chi connectivity index (χ0v) is 17.8. The van der Waals surface area contributed by atoms with Crippen LogP contribution in [0.3, 0.4) is 0 Å². The van der Waals surface area contributed by atoms with Crippen molar-refractivity contribution in [3.8, 4) is 0 Å². The average molecular weight is 432 g/mol. The van der Waals surface area contributed by atoms with Gasteiger partial charge in [0.2, 0.25) is 5.91 Å². The third-order valence-electron chi connectivity index (χ3n) is 7.29. The summed E-state index contributed by atoms with van der Waals surface area (Å²) in [5.74, 6) is 1.51. The van der Waals surface area contributed by atoms with Gasteiger partial charge in [0.1, 0.15) is 0 Å². The number of carbonyl (C=O) groups is 1. The van der Waals surface area contributed by atoms with Crippen LogP contribution in [-0.2, 0) is 24.1 Å². The van der Waals surface area contributed by atoms with Crippen LogP contribution >= 0.6 is 0 Å². The van der Waals surface area contributed by atoms with Crippen LogP contribution in [-0.4, -0.2) is 22.2 Å². The minimum Gasteiger partial charge on any atom is -0.364 e. The number of hydrogen-bond donors (Lipinski definition) is 1. The molecule has 0 radical (unpaired) electrons. The first-order valence-corrected chi connectivity index (χ1v) is 11.0. The van der Waals surface area contributed by atoms with E-state index >= 15 is 0 Å². The van der Waals surface area contributed by atoms with Crippen molar-refractivity contribution in [1.82, 2.24) is 9.78 Å². The van der Waals surface area contributed by atoms with E-state index in [1.54, 1.807) is 0 Å². The van der Waals surface area contributed by atoms with E-state index in [0.717, 1.165) is 40.9 Å². The quantitative estimate of drug-likeness (QED) is 0.750. The van der Waals surface area contributed by atoms with Crippen molar-refractivity contribution in [3.63, 3.8) is 0 Å². The molecule has 8 heteroatoms. The number of benzene rings is 1. The molecule has 2 aliphatic carbocycles. The molecular formula is C23H27F3N4O. The van der Waals surface area contributed by atoms with Crippen molar-refractivity contribution in [2.45, 2.75) is 58.8 Å². The van der Waals surface area contributed by atoms with Crippen LogP contribution in [0.25, 0.3) is 0 Å². The van der Waals surface area contributed by atoms with Gasteiger partial charge in [-0.3, -0.25) is 9.48 Å². The Morgan fingerprint density at radius 2 is 1.84 bits per heavy atom. The Kier molecular flexibility index (Phi) is 4.79. The van der Waals surface area contributed by atoms with E-state index in [-0.39, 0.29) is 11.8 Å². The number of aromatic nitrogens is 2. The second-order valence-corrected chi connectivity index (χ2v) is 9.39. The first-order chi connectivity index (χ1) is 14.7. The zero-order chi connectivity index (χ0) is 21.9. The molecule has 1 amide bonds. The fourth-order valence-corrected chi connectivity index (χ4v) is 5.73. The van der Waals surface area contributed by atoms with Crippen LogP contribution in [0, 0.1) is 31.6 Å². The minimum absolute atomic E-state index is 0.127. The van der Waals surface area contributed by atoms with Gasteiger partial charge in [0.15, 0.2) is 5.69 Å². The summed E-state index contributed by atoms with van der Waals surface area (Å²) in [6, 6.07) is 5.16. The van der Waals surface area contributed by atoms with Crippen molar-refractivity contribution in [2.75, 3.05) is 16.8 Å². The number of nitrogens with zero attached hydrogens (tertiary/aromatic N) is 3. The first-order valence-electron chi connectivity index (χ1n) is 11.0. The summed E-state index contributed by atoms with van der Waals surface area (Å²) in [5.41, 5.74) is 3.48. The fraction of sp³-hybridized carbons (Fsp3) is 0.565. The van der Waals surface area contributed by atoms with Gasteiger partial charge in [0, 0.05) is 23.8 Å². The molecule has 2 bridgehead atoms. The number of anilines is 2. The molecule has 0 spiro atoms. The van der Waals surface area contributed by atoms with Crippen LogP contribution in [0.4, 0.5) is 24.5 Å². The maximum Gasteiger partial charge on any atom is 0.435 e. The van der Waals surface area contributed by atoms with Crippen molar-refractivity contribution in [1.29, 1.82) is 0 Å². The Hall–Kier alpha value is -2.51. The highest BCUT2D eigenvalue weighted by atomic mass is 19.4. The van der Waals surface area contributed by atoms with Crippen molar-refractivity contribution in [3.05, 3.63) is 40.7 Å². The van der Waals surface area contributed by atoms with E-state index in [1.165, 1.54) is 23.9 Å². The topological polar surface area (TPSA) is 50.2 Å². The monoisotopic (exact) mass is 432 g/mol. The third kappa shape index (κ3) is 3.70. The van der Waals surface area contributed by atoms with E-state index in [4.69, 9.17) is 0 Å². The molecule has 2 fully saturated rings. The molecule has 1 N–H and O–H groups in total. The first kappa shape index (κ1) is 20.4. The van der Waals surface area contributed by atoms with Crippen molar-refractivity contribution < 1.29 is 18.0 Å². The van der Waals surface area contributed by atoms with E-state index in [2.05, 4.69) is 15.3 Å². The zero-order valence-electron chi connectivity index (χ0n) is 17.8. The summed E-state index contributed by atoms with van der Waals surface area (Å²) in [6.07, 6.45) is 0.202. The Labute approximate surface area is 179 Å². The Bertz CT molecular complexity index is 1010. The molecule has 2 aromatic rings. The lowest BCUT2D eigenvalue weighted by Crippen LogP contribution is -2.34. The maximum absolute atomic E-state index is 13.0. The predicted octanol–water partition coefficient (Wildman–Crippen LogP) is 4.91. The van der Waals surface area contributed by atoms with Gasteiger partial charge in [-0.05, 0) is 74.3 Å². The molecule has 2 heterocycles. The molecule has 1 aromatic heterocycles. The number of carbonyl (C=O) groups excluding carboxylic acids is 1. The van der Waals surface area contributed by atoms with Crippen molar-refractivity contribution >= 4 is 17.3 Å². The highest BCUT2D eigenvalue weighted by Gasteiger charge is 2.43. The average Bonchev–Trinajstić information content (AvgIpc) is 3.44. The summed E-state index contributed by atoms with van der Waals surface area (Å²) < 4.78 is 40.4. The molecular weight excluding hydrogens is 405 g/mol. The Morgan fingerprint density at radius 3 is 2.45 bits per heavy atom. The number of rotatable bonds is 3. The van der Waals surface area contributed by atoms with Crippen LogP contribution in [0.5, 0.6) is 0 Å². The highest BCUT2D eigenvalue weighted by Crippen LogP contribution is 2.48. The fourth-order valence-electron chi connectivity index (χ4n) is 5.73. The number of alkyl halides is 3. The smallest absolute Gasteiger partial charge is 0.364 e. The molecule has 1 aliphatic heterocycles. The molecule has 166 valence electrons. The maximum atomic E-state index is 13.0. The number of amides is 1. The second-order valence-electron chi connectivity index (χ2n) is 9.39. The minimum atomic E-state index is -4.43. The largest absolute Gasteiger partial charge is 0.435 e. The van der Waals surface area contributed by atoms with E-state index in [0.29, 0.717) is 31.2 Å². The molecule has 3 aliphatic rings. The van der Waals surface area contributed by atoms with E-state index < -0.39 is 11.9 Å². The molecule has 31 heavy (non-hydrogen) atoms. The molecule has 2 saturated carbocycles. The van der Waals surface area contributed by atoms with Gasteiger partial charge in [0.05, 0.1) is 18.8 Å². The van der Waals surface area contributed by atoms with Gasteiger partial charge >= 0.3 is 6.18 Å². The molecule has 0 saturated heterocycles. The summed E-state index contributed by atoms with van der Waals surface area (Å²) in [4.78, 5) is 15.0. The number of nitrogens with one attached hydrogen (secondary N) is 1. The summed E-state index contributed by atoms with van der Waals surface area (Å²) in [6.45, 7) is 5.32. The normalized spacial score (nSPS) is 25.1. The van der Waals surface area contributed by atoms with E-state index in [9.17, 15) is 18.0 Å². The third-order valence-corrected chi connectivity index (χ3v) is 7.29. The number of hydrogen-bond acceptors (Lipinski definition) is 3. The van der Waals surface area contributed by atoms with Crippen LogP contribution in [0.15, 0.2) is 18.2 Å². The number of fused-ring (bicyclic) bond motifs is 3. The molecule has 5 rings (SSSR count). The highest BCUT2D eigenvalue weighted by molar-refractivity contribution is 5.95. The van der Waals surface area contributed by atoms with Gasteiger partial charge in [0.25, 0.3) is 0 Å². The van der Waals surface area contributed by atoms with Crippen molar-refractivity contribution in [2.24, 2.45) is 17.8 Å². The SMILES string of the molecule is Cc1cc(N2CCn3nc(C(F)(F)F)cc3C2)cc(C)c1NC(=O)C1CC2CCC1C2. The van der Waals surface area contributed by atoms with Gasteiger partial charge in [-0.15, -0.1) is 0 Å². The lowest BCUT2D eigenvalue weighted by Gasteiger charge is -2.31. The predicted molar refractivity (Wildman–Crippen MR) is 112 cm³/mol. The van der Waals surface area contributed by atoms with Gasteiger partial charge in [-0.1, -0.05) is 6.42 Å². The molecule has 1 aromatic carbocycles. The Morgan fingerprint density at radius 1 is 1.10 bits per heavy atom. The number of halogens is 3. The molecule has 5 nitrogen and oxygen atoms in total. The van der Waals surface area contributed by atoms with E-state index in [1.807, 2.05) is 26.0 Å². The standard InChI is InChI=1S/C23H27F3N4O/c1-13-7-17(29-5-6-30-18(12-29)11-20(28-30)23(24,25)26)8-14(2)21(13)27-22(31)19-10-15-3-4-16(19)9-15/h7-8,11,15-16,19H,3-6,9-10,12H2,1-2H3,(H,27,31). The lowest BCUT2D eigenvalue weighted by molar-refractivity contribution is -0.141. The number of aryl methyl sites for hydroxylation is 2. The van der Waals surface area contributed by atoms with Crippen LogP contribution in [0.2, 0.25) is 0 Å². The Balaban J connectivity index is 1.32. The van der Waals surface area contributed by atoms with Crippen LogP contribution in [0.1, 0.15) is 48.2 Å². The lowest BCUT2D eigenvalue weighted by atomic mass is 9.88. The summed E-state index contributed by atoms with van der Waals surface area (Å²) >= 11 is 0. The summed E-state index contributed by atoms with van der Waals surface area (Å²) in [5, 5.41) is 6.88. The second kappa shape index (κ2) is 7.28. The van der Waals surface area contributed by atoms with Gasteiger partial charge in [-0.25, -0.2) is 0 Å². The van der Waals surface area contributed by atoms with Gasteiger partial charge < -0.3 is 10.2 Å². The molecule has 3 unspecified atom stereocenters. The molecule has 3 atom stereocenters.